The number of nitrogens with one attached hydrogen (secondary N) is 1. The lowest BCUT2D eigenvalue weighted by atomic mass is 10.3. The minimum Gasteiger partial charge on any atom is -0.350 e. The maximum absolute atomic E-state index is 13.4. The molecule has 0 spiro atoms. The van der Waals surface area contributed by atoms with E-state index in [1.807, 2.05) is 0 Å². The molecule has 0 fully saturated rings. The second kappa shape index (κ2) is 5.34. The molecule has 0 aliphatic heterocycles. The van der Waals surface area contributed by atoms with Crippen LogP contribution >= 0.6 is 27.5 Å². The third-order valence-corrected chi connectivity index (χ3v) is 3.08. The summed E-state index contributed by atoms with van der Waals surface area (Å²) in [6, 6.07) is 4.29. The van der Waals surface area contributed by atoms with Gasteiger partial charge in [-0.2, -0.15) is 22.5 Å². The first-order valence-electron chi connectivity index (χ1n) is 4.82. The molecule has 19 heavy (non-hydrogen) atoms. The van der Waals surface area contributed by atoms with Gasteiger partial charge in [-0.05, 0) is 34.1 Å². The first kappa shape index (κ1) is 14.1. The number of halogens is 6. The quantitative estimate of drug-likeness (QED) is 0.618. The van der Waals surface area contributed by atoms with E-state index in [1.54, 1.807) is 0 Å². The van der Waals surface area contributed by atoms with Crippen LogP contribution in [0.15, 0.2) is 22.7 Å². The first-order chi connectivity index (χ1) is 8.90. The summed E-state index contributed by atoms with van der Waals surface area (Å²) in [6.07, 6.45) is 0. The van der Waals surface area contributed by atoms with Gasteiger partial charge in [-0.25, -0.2) is 0 Å². The topological polar surface area (TPSA) is 24.9 Å². The Bertz CT molecular complexity index is 625. The second-order valence-electron chi connectivity index (χ2n) is 3.45. The number of hydrogen-bond acceptors (Lipinski definition) is 2. The zero-order valence-electron chi connectivity index (χ0n) is 8.95. The van der Waals surface area contributed by atoms with E-state index < -0.39 is 29.2 Å². The number of aromatic nitrogens is 1. The van der Waals surface area contributed by atoms with Crippen molar-refractivity contribution in [1.29, 1.82) is 0 Å². The lowest BCUT2D eigenvalue weighted by Crippen LogP contribution is -2.06. The Balaban J connectivity index is 2.49. The molecular weight excluding hydrogens is 351 g/mol. The number of benzene rings is 1. The van der Waals surface area contributed by atoms with Gasteiger partial charge in [0.1, 0.15) is 5.69 Å². The highest BCUT2D eigenvalue weighted by Crippen LogP contribution is 2.31. The summed E-state index contributed by atoms with van der Waals surface area (Å²) < 4.78 is 53.0. The fourth-order valence-corrected chi connectivity index (χ4v) is 2.10. The van der Waals surface area contributed by atoms with Crippen LogP contribution in [0.5, 0.6) is 0 Å². The molecule has 1 aromatic heterocycles. The standard InChI is InChI=1S/C11H4BrClF4N2/c12-5-3-4(13)1-2-6(5)18-9-7(14)10(16)19-11(17)8(9)15/h1-3H,(H,18,19). The molecule has 1 aromatic carbocycles. The van der Waals surface area contributed by atoms with E-state index in [9.17, 15) is 17.6 Å². The predicted molar refractivity (Wildman–Crippen MR) is 66.5 cm³/mol. The van der Waals surface area contributed by atoms with Gasteiger partial charge < -0.3 is 5.32 Å². The third kappa shape index (κ3) is 2.82. The van der Waals surface area contributed by atoms with Crippen LogP contribution < -0.4 is 5.32 Å². The van der Waals surface area contributed by atoms with E-state index in [0.29, 0.717) is 9.50 Å². The van der Waals surface area contributed by atoms with Crippen LogP contribution in [0.2, 0.25) is 5.02 Å². The van der Waals surface area contributed by atoms with E-state index in [4.69, 9.17) is 11.6 Å². The Morgan fingerprint density at radius 3 is 2.16 bits per heavy atom. The summed E-state index contributed by atoms with van der Waals surface area (Å²) >= 11 is 8.79. The van der Waals surface area contributed by atoms with Crippen molar-refractivity contribution in [3.63, 3.8) is 0 Å². The highest BCUT2D eigenvalue weighted by molar-refractivity contribution is 9.10. The number of hydrogen-bond donors (Lipinski definition) is 1. The van der Waals surface area contributed by atoms with Crippen LogP contribution in [0.25, 0.3) is 0 Å². The summed E-state index contributed by atoms with van der Waals surface area (Å²) in [5, 5.41) is 2.62. The van der Waals surface area contributed by atoms with Crippen LogP contribution in [0, 0.1) is 23.5 Å². The number of pyridine rings is 1. The Morgan fingerprint density at radius 1 is 1.05 bits per heavy atom. The zero-order chi connectivity index (χ0) is 14.2. The van der Waals surface area contributed by atoms with E-state index in [-0.39, 0.29) is 5.69 Å². The molecule has 0 amide bonds. The second-order valence-corrected chi connectivity index (χ2v) is 4.74. The minimum absolute atomic E-state index is 0.187. The summed E-state index contributed by atoms with van der Waals surface area (Å²) in [5.41, 5.74) is -0.778. The van der Waals surface area contributed by atoms with Gasteiger partial charge in [0.25, 0.3) is 11.9 Å². The summed E-state index contributed by atoms with van der Waals surface area (Å²) in [6.45, 7) is 0. The molecule has 0 bridgehead atoms. The highest BCUT2D eigenvalue weighted by Gasteiger charge is 2.21. The van der Waals surface area contributed by atoms with E-state index in [2.05, 4.69) is 26.2 Å². The fourth-order valence-electron chi connectivity index (χ4n) is 1.32. The van der Waals surface area contributed by atoms with E-state index in [1.165, 1.54) is 18.2 Å². The maximum atomic E-state index is 13.4. The summed E-state index contributed by atoms with van der Waals surface area (Å²) in [7, 11) is 0. The minimum atomic E-state index is -1.73. The highest BCUT2D eigenvalue weighted by atomic mass is 79.9. The van der Waals surface area contributed by atoms with E-state index >= 15 is 0 Å². The zero-order valence-corrected chi connectivity index (χ0v) is 11.3. The fraction of sp³-hybridized carbons (Fsp3) is 0. The Morgan fingerprint density at radius 2 is 1.63 bits per heavy atom. The first-order valence-corrected chi connectivity index (χ1v) is 5.99. The molecule has 0 saturated carbocycles. The molecule has 0 radical (unpaired) electrons. The third-order valence-electron chi connectivity index (χ3n) is 2.19. The average molecular weight is 356 g/mol. The van der Waals surface area contributed by atoms with Crippen molar-refractivity contribution >= 4 is 38.9 Å². The molecule has 0 saturated heterocycles. The molecule has 2 aromatic rings. The smallest absolute Gasteiger partial charge is 0.253 e. The van der Waals surface area contributed by atoms with Crippen molar-refractivity contribution in [1.82, 2.24) is 4.98 Å². The predicted octanol–water partition coefficient (Wildman–Crippen LogP) is 4.80. The number of rotatable bonds is 2. The molecule has 100 valence electrons. The molecule has 1 heterocycles. The number of nitrogens with zero attached hydrogens (tertiary/aromatic N) is 1. The van der Waals surface area contributed by atoms with Crippen molar-refractivity contribution in [3.05, 3.63) is 51.2 Å². The maximum Gasteiger partial charge on any atom is 0.253 e. The van der Waals surface area contributed by atoms with Crippen LogP contribution in [-0.2, 0) is 0 Å². The molecule has 0 unspecified atom stereocenters. The van der Waals surface area contributed by atoms with Crippen LogP contribution in [0.1, 0.15) is 0 Å². The molecule has 0 atom stereocenters. The van der Waals surface area contributed by atoms with Gasteiger partial charge in [-0.1, -0.05) is 11.6 Å². The molecule has 0 aliphatic rings. The van der Waals surface area contributed by atoms with Gasteiger partial charge in [0.2, 0.25) is 11.6 Å². The van der Waals surface area contributed by atoms with Gasteiger partial charge >= 0.3 is 0 Å². The van der Waals surface area contributed by atoms with Crippen molar-refractivity contribution in [2.75, 3.05) is 5.32 Å². The van der Waals surface area contributed by atoms with Gasteiger partial charge in [-0.15, -0.1) is 0 Å². The molecule has 0 aliphatic carbocycles. The number of anilines is 2. The summed E-state index contributed by atoms with van der Waals surface area (Å²) in [5.74, 6) is -6.68. The molecule has 8 heteroatoms. The van der Waals surface area contributed by atoms with E-state index in [0.717, 1.165) is 0 Å². The van der Waals surface area contributed by atoms with Crippen molar-refractivity contribution in [3.8, 4) is 0 Å². The SMILES string of the molecule is Fc1nc(F)c(F)c(Nc2ccc(Cl)cc2Br)c1F. The normalized spacial score (nSPS) is 10.6. The van der Waals surface area contributed by atoms with Gasteiger partial charge in [0.15, 0.2) is 0 Å². The molecule has 1 N–H and O–H groups in total. The van der Waals surface area contributed by atoms with Crippen molar-refractivity contribution < 1.29 is 17.6 Å². The van der Waals surface area contributed by atoms with Crippen LogP contribution in [0.4, 0.5) is 28.9 Å². The lowest BCUT2D eigenvalue weighted by molar-refractivity contribution is 0.411. The van der Waals surface area contributed by atoms with Crippen molar-refractivity contribution in [2.45, 2.75) is 0 Å². The van der Waals surface area contributed by atoms with Gasteiger partial charge in [-0.3, -0.25) is 0 Å². The lowest BCUT2D eigenvalue weighted by Gasteiger charge is -2.11. The van der Waals surface area contributed by atoms with Gasteiger partial charge in [0, 0.05) is 9.50 Å². The van der Waals surface area contributed by atoms with Crippen LogP contribution in [-0.4, -0.2) is 4.98 Å². The molecular formula is C11H4BrClF4N2. The Hall–Kier alpha value is -1.34. The van der Waals surface area contributed by atoms with Gasteiger partial charge in [0.05, 0.1) is 5.69 Å². The Labute approximate surface area is 118 Å². The van der Waals surface area contributed by atoms with Crippen LogP contribution in [0.3, 0.4) is 0 Å². The summed E-state index contributed by atoms with van der Waals surface area (Å²) in [4.78, 5) is 2.46. The monoisotopic (exact) mass is 354 g/mol. The van der Waals surface area contributed by atoms with Crippen molar-refractivity contribution in [2.24, 2.45) is 0 Å². The molecule has 2 rings (SSSR count). The largest absolute Gasteiger partial charge is 0.350 e. The molecule has 2 nitrogen and oxygen atoms in total. The average Bonchev–Trinajstić information content (AvgIpc) is 2.34. The Kier molecular flexibility index (Phi) is 3.96.